The zero-order chi connectivity index (χ0) is 12.7. The zero-order valence-corrected chi connectivity index (χ0v) is 10.9. The Morgan fingerprint density at radius 1 is 1.24 bits per heavy atom. The van der Waals surface area contributed by atoms with Crippen LogP contribution < -0.4 is 4.72 Å². The molecule has 0 aliphatic carbocycles. The largest absolute Gasteiger partial charge is 0.308 e. The van der Waals surface area contributed by atoms with Crippen LogP contribution in [0.15, 0.2) is 35.7 Å². The average molecular weight is 254 g/mol. The molecule has 4 nitrogen and oxygen atoms in total. The van der Waals surface area contributed by atoms with Gasteiger partial charge in [0.1, 0.15) is 0 Å². The van der Waals surface area contributed by atoms with Crippen molar-refractivity contribution in [1.82, 2.24) is 9.62 Å². The molecule has 0 aromatic heterocycles. The summed E-state index contributed by atoms with van der Waals surface area (Å²) in [4.78, 5) is 1.92. The maximum Gasteiger partial charge on any atom is 0.233 e. The van der Waals surface area contributed by atoms with E-state index >= 15 is 0 Å². The minimum absolute atomic E-state index is 0.411. The number of hydrogen-bond acceptors (Lipinski definition) is 3. The molecule has 1 aromatic rings. The van der Waals surface area contributed by atoms with Crippen LogP contribution in [-0.4, -0.2) is 40.5 Å². The number of nitrogens with zero attached hydrogens (tertiary/aromatic N) is 1. The van der Waals surface area contributed by atoms with Gasteiger partial charge in [0.15, 0.2) is 0 Å². The Balaban J connectivity index is 2.52. The van der Waals surface area contributed by atoms with Crippen LogP contribution in [0.25, 0.3) is 6.08 Å². The van der Waals surface area contributed by atoms with Crippen molar-refractivity contribution in [2.45, 2.75) is 0 Å². The van der Waals surface area contributed by atoms with Gasteiger partial charge in [0.2, 0.25) is 10.0 Å². The maximum absolute atomic E-state index is 11.6. The van der Waals surface area contributed by atoms with Gasteiger partial charge in [-0.05, 0) is 25.7 Å². The summed E-state index contributed by atoms with van der Waals surface area (Å²) < 4.78 is 25.6. The number of sulfonamides is 1. The van der Waals surface area contributed by atoms with Gasteiger partial charge in [0.25, 0.3) is 0 Å². The Bertz CT molecular complexity index is 453. The number of likely N-dealkylation sites (N-methyl/N-ethyl adjacent to an activating group) is 1. The molecule has 0 spiro atoms. The van der Waals surface area contributed by atoms with Crippen molar-refractivity contribution < 1.29 is 8.42 Å². The van der Waals surface area contributed by atoms with Gasteiger partial charge in [-0.15, -0.1) is 0 Å². The highest BCUT2D eigenvalue weighted by molar-refractivity contribution is 7.92. The predicted octanol–water partition coefficient (Wildman–Crippen LogP) is 1.14. The molecule has 1 aromatic carbocycles. The summed E-state index contributed by atoms with van der Waals surface area (Å²) >= 11 is 0. The maximum atomic E-state index is 11.6. The second-order valence-electron chi connectivity index (χ2n) is 3.96. The fraction of sp³-hybridized carbons (Fsp3) is 0.333. The molecule has 0 radical (unpaired) electrons. The third-order valence-electron chi connectivity index (χ3n) is 2.10. The van der Waals surface area contributed by atoms with Gasteiger partial charge in [-0.25, -0.2) is 13.1 Å². The molecule has 0 aliphatic rings. The van der Waals surface area contributed by atoms with Crippen LogP contribution in [0.2, 0.25) is 0 Å². The molecule has 0 unspecified atom stereocenters. The lowest BCUT2D eigenvalue weighted by atomic mass is 10.2. The number of hydrogen-bond donors (Lipinski definition) is 1. The van der Waals surface area contributed by atoms with Crippen molar-refractivity contribution >= 4 is 16.1 Å². The Labute approximate surface area is 103 Å². The quantitative estimate of drug-likeness (QED) is 0.828. The Kier molecular flexibility index (Phi) is 5.34. The summed E-state index contributed by atoms with van der Waals surface area (Å²) in [6.07, 6.45) is 1.58. The molecule has 1 rings (SSSR count). The van der Waals surface area contributed by atoms with E-state index in [9.17, 15) is 8.42 Å². The van der Waals surface area contributed by atoms with Crippen LogP contribution in [0.1, 0.15) is 5.56 Å². The fourth-order valence-corrected chi connectivity index (χ4v) is 2.00. The highest BCUT2D eigenvalue weighted by atomic mass is 32.2. The third kappa shape index (κ3) is 6.21. The average Bonchev–Trinajstić information content (AvgIpc) is 2.27. The SMILES string of the molecule is CN(C)CCNS(=O)(=O)/C=C/c1ccccc1. The Morgan fingerprint density at radius 3 is 2.47 bits per heavy atom. The molecule has 1 N–H and O–H groups in total. The van der Waals surface area contributed by atoms with E-state index in [2.05, 4.69) is 4.72 Å². The fourth-order valence-electron chi connectivity index (χ4n) is 1.19. The lowest BCUT2D eigenvalue weighted by molar-refractivity contribution is 0.413. The van der Waals surface area contributed by atoms with Crippen molar-refractivity contribution in [1.29, 1.82) is 0 Å². The summed E-state index contributed by atoms with van der Waals surface area (Å²) in [6.45, 7) is 1.09. The number of benzene rings is 1. The van der Waals surface area contributed by atoms with E-state index in [4.69, 9.17) is 0 Å². The first-order valence-electron chi connectivity index (χ1n) is 5.37. The van der Waals surface area contributed by atoms with Crippen LogP contribution in [-0.2, 0) is 10.0 Å². The second-order valence-corrected chi connectivity index (χ2v) is 5.61. The molecule has 0 saturated carbocycles. The van der Waals surface area contributed by atoms with Gasteiger partial charge in [-0.2, -0.15) is 0 Å². The van der Waals surface area contributed by atoms with Gasteiger partial charge in [-0.3, -0.25) is 0 Å². The van der Waals surface area contributed by atoms with Gasteiger partial charge in [-0.1, -0.05) is 30.3 Å². The first-order valence-corrected chi connectivity index (χ1v) is 6.92. The molecule has 94 valence electrons. The smallest absolute Gasteiger partial charge is 0.233 e. The minimum Gasteiger partial charge on any atom is -0.308 e. The molecule has 17 heavy (non-hydrogen) atoms. The highest BCUT2D eigenvalue weighted by Crippen LogP contribution is 2.02. The Morgan fingerprint density at radius 2 is 1.88 bits per heavy atom. The molecule has 0 fully saturated rings. The lowest BCUT2D eigenvalue weighted by Crippen LogP contribution is -2.30. The van der Waals surface area contributed by atoms with Crippen molar-refractivity contribution in [3.8, 4) is 0 Å². The van der Waals surface area contributed by atoms with E-state index in [1.807, 2.05) is 49.3 Å². The monoisotopic (exact) mass is 254 g/mol. The van der Waals surface area contributed by atoms with Gasteiger partial charge in [0.05, 0.1) is 0 Å². The van der Waals surface area contributed by atoms with Crippen molar-refractivity contribution in [2.75, 3.05) is 27.2 Å². The predicted molar refractivity (Wildman–Crippen MR) is 71.0 cm³/mol. The van der Waals surface area contributed by atoms with E-state index < -0.39 is 10.0 Å². The molecular weight excluding hydrogens is 236 g/mol. The van der Waals surface area contributed by atoms with Crippen LogP contribution in [0.4, 0.5) is 0 Å². The van der Waals surface area contributed by atoms with Crippen LogP contribution in [0, 0.1) is 0 Å². The minimum atomic E-state index is -3.33. The summed E-state index contributed by atoms with van der Waals surface area (Å²) in [6, 6.07) is 9.33. The third-order valence-corrected chi connectivity index (χ3v) is 3.20. The molecule has 0 bridgehead atoms. The first kappa shape index (κ1) is 13.9. The lowest BCUT2D eigenvalue weighted by Gasteiger charge is -2.08. The second kappa shape index (κ2) is 6.54. The number of nitrogens with one attached hydrogen (secondary N) is 1. The summed E-state index contributed by atoms with van der Waals surface area (Å²) in [7, 11) is 0.461. The van der Waals surface area contributed by atoms with E-state index in [-0.39, 0.29) is 0 Å². The van der Waals surface area contributed by atoms with Gasteiger partial charge in [0, 0.05) is 18.5 Å². The van der Waals surface area contributed by atoms with Crippen LogP contribution in [0.3, 0.4) is 0 Å². The van der Waals surface area contributed by atoms with Gasteiger partial charge >= 0.3 is 0 Å². The van der Waals surface area contributed by atoms with E-state index in [0.29, 0.717) is 13.1 Å². The normalized spacial score (nSPS) is 12.4. The standard InChI is InChI=1S/C12H18N2O2S/c1-14(2)10-9-13-17(15,16)11-8-12-6-4-3-5-7-12/h3-8,11,13H,9-10H2,1-2H3/b11-8+. The molecule has 0 amide bonds. The molecule has 5 heteroatoms. The topological polar surface area (TPSA) is 49.4 Å². The molecular formula is C12H18N2O2S. The van der Waals surface area contributed by atoms with Gasteiger partial charge < -0.3 is 4.90 Å². The van der Waals surface area contributed by atoms with E-state index in [1.54, 1.807) is 6.08 Å². The molecule has 0 atom stereocenters. The number of rotatable bonds is 6. The van der Waals surface area contributed by atoms with Crippen molar-refractivity contribution in [2.24, 2.45) is 0 Å². The summed E-state index contributed by atoms with van der Waals surface area (Å²) in [5, 5.41) is 1.19. The molecule has 0 heterocycles. The molecule has 0 aliphatic heterocycles. The first-order chi connectivity index (χ1) is 7.99. The summed E-state index contributed by atoms with van der Waals surface area (Å²) in [5.74, 6) is 0. The highest BCUT2D eigenvalue weighted by Gasteiger charge is 2.03. The van der Waals surface area contributed by atoms with Crippen molar-refractivity contribution in [3.63, 3.8) is 0 Å². The van der Waals surface area contributed by atoms with E-state index in [0.717, 1.165) is 5.56 Å². The molecule has 0 saturated heterocycles. The van der Waals surface area contributed by atoms with Crippen LogP contribution in [0.5, 0.6) is 0 Å². The summed E-state index contributed by atoms with van der Waals surface area (Å²) in [5.41, 5.74) is 0.866. The van der Waals surface area contributed by atoms with Crippen LogP contribution >= 0.6 is 0 Å². The Hall–Kier alpha value is -1.17. The van der Waals surface area contributed by atoms with E-state index in [1.165, 1.54) is 5.41 Å². The zero-order valence-electron chi connectivity index (χ0n) is 10.1. The van der Waals surface area contributed by atoms with Crippen molar-refractivity contribution in [3.05, 3.63) is 41.3 Å².